The predicted molar refractivity (Wildman–Crippen MR) is 98.3 cm³/mol. The monoisotopic (exact) mass is 328 g/mol. The van der Waals surface area contributed by atoms with E-state index in [-0.39, 0.29) is 5.75 Å². The number of phenolic OH excluding ortho intramolecular Hbond substituents is 1. The summed E-state index contributed by atoms with van der Waals surface area (Å²) in [4.78, 5) is 4.63. The fourth-order valence-electron chi connectivity index (χ4n) is 3.07. The van der Waals surface area contributed by atoms with Crippen molar-refractivity contribution in [1.82, 2.24) is 9.38 Å². The van der Waals surface area contributed by atoms with E-state index in [1.165, 1.54) is 0 Å². The zero-order chi connectivity index (χ0) is 17.6. The number of pyridine rings is 1. The number of para-hydroxylation sites is 2. The maximum Gasteiger partial charge on any atom is 0.157 e. The molecule has 0 unspecified atom stereocenters. The number of hydrogen-bond donors (Lipinski definition) is 2. The maximum absolute atomic E-state index is 10.2. The fourth-order valence-corrected chi connectivity index (χ4v) is 3.07. The summed E-state index contributed by atoms with van der Waals surface area (Å²) >= 11 is 0. The number of nitrogens with zero attached hydrogens (tertiary/aromatic N) is 3. The molecule has 0 saturated heterocycles. The van der Waals surface area contributed by atoms with Crippen LogP contribution in [0.2, 0.25) is 0 Å². The minimum absolute atomic E-state index is 0.171. The van der Waals surface area contributed by atoms with Crippen molar-refractivity contribution < 1.29 is 5.11 Å². The largest absolute Gasteiger partial charge is 0.506 e. The molecule has 0 radical (unpaired) electrons. The quantitative estimate of drug-likeness (QED) is 0.534. The Morgan fingerprint density at radius 3 is 2.72 bits per heavy atom. The zero-order valence-electron chi connectivity index (χ0n) is 13.9. The summed E-state index contributed by atoms with van der Waals surface area (Å²) in [6, 6.07) is 17.3. The molecule has 0 saturated carbocycles. The van der Waals surface area contributed by atoms with Crippen molar-refractivity contribution in [3.63, 3.8) is 0 Å². The molecule has 0 fully saturated rings. The number of nitrogens with one attached hydrogen (secondary N) is 1. The molecule has 0 aliphatic heterocycles. The highest BCUT2D eigenvalue weighted by Gasteiger charge is 2.15. The molecule has 2 aromatic carbocycles. The van der Waals surface area contributed by atoms with E-state index in [0.717, 1.165) is 28.0 Å². The van der Waals surface area contributed by atoms with Gasteiger partial charge in [0.1, 0.15) is 17.6 Å². The number of fused-ring (bicyclic) bond motifs is 3. The summed E-state index contributed by atoms with van der Waals surface area (Å²) in [6.45, 7) is 3.86. The molecule has 4 rings (SSSR count). The van der Waals surface area contributed by atoms with E-state index in [1.807, 2.05) is 60.7 Å². The molecule has 5 nitrogen and oxygen atoms in total. The Kier molecular flexibility index (Phi) is 3.33. The second-order valence-electron chi connectivity index (χ2n) is 6.10. The van der Waals surface area contributed by atoms with E-state index in [1.54, 1.807) is 6.07 Å². The van der Waals surface area contributed by atoms with Crippen LogP contribution in [0.25, 0.3) is 16.7 Å². The fraction of sp³-hybridized carbons (Fsp3) is 0.100. The van der Waals surface area contributed by atoms with Crippen LogP contribution in [0.4, 0.5) is 11.5 Å². The topological polar surface area (TPSA) is 73.3 Å². The highest BCUT2D eigenvalue weighted by atomic mass is 16.3. The van der Waals surface area contributed by atoms with E-state index in [4.69, 9.17) is 0 Å². The van der Waals surface area contributed by atoms with Gasteiger partial charge in [-0.05, 0) is 55.3 Å². The van der Waals surface area contributed by atoms with E-state index in [9.17, 15) is 10.4 Å². The minimum Gasteiger partial charge on any atom is -0.506 e. The lowest BCUT2D eigenvalue weighted by molar-refractivity contribution is 0.477. The Bertz CT molecular complexity index is 1170. The number of aromatic hydroxyl groups is 1. The van der Waals surface area contributed by atoms with Gasteiger partial charge < -0.3 is 10.4 Å². The van der Waals surface area contributed by atoms with Gasteiger partial charge in [-0.2, -0.15) is 5.26 Å². The lowest BCUT2D eigenvalue weighted by atomic mass is 10.1. The molecule has 122 valence electrons. The normalized spacial score (nSPS) is 10.9. The van der Waals surface area contributed by atoms with E-state index >= 15 is 0 Å². The summed E-state index contributed by atoms with van der Waals surface area (Å²) in [5.41, 5.74) is 5.37. The molecule has 0 spiro atoms. The van der Waals surface area contributed by atoms with Crippen LogP contribution in [0, 0.1) is 25.2 Å². The van der Waals surface area contributed by atoms with Gasteiger partial charge in [0.2, 0.25) is 0 Å². The SMILES string of the molecule is Cc1ccc(O)c(Nc2cc(C)c(C#N)c3nc4ccccc4n23)c1. The number of aryl methyl sites for hydroxylation is 2. The second kappa shape index (κ2) is 5.53. The van der Waals surface area contributed by atoms with Gasteiger partial charge in [0.25, 0.3) is 0 Å². The molecule has 0 atom stereocenters. The van der Waals surface area contributed by atoms with Gasteiger partial charge >= 0.3 is 0 Å². The summed E-state index contributed by atoms with van der Waals surface area (Å²) < 4.78 is 1.92. The predicted octanol–water partition coefficient (Wildman–Crippen LogP) is 4.43. The molecule has 4 aromatic rings. The Morgan fingerprint density at radius 1 is 1.12 bits per heavy atom. The first-order valence-corrected chi connectivity index (χ1v) is 7.96. The summed E-state index contributed by atoms with van der Waals surface area (Å²) in [5.74, 6) is 0.922. The van der Waals surface area contributed by atoms with Crippen LogP contribution in [0.5, 0.6) is 5.75 Å². The average Bonchev–Trinajstić information content (AvgIpc) is 2.97. The first-order valence-electron chi connectivity index (χ1n) is 7.96. The van der Waals surface area contributed by atoms with E-state index < -0.39 is 0 Å². The molecule has 2 heterocycles. The molecule has 0 bridgehead atoms. The number of aromatic nitrogens is 2. The third-order valence-electron chi connectivity index (χ3n) is 4.30. The van der Waals surface area contributed by atoms with Gasteiger partial charge in [-0.1, -0.05) is 18.2 Å². The van der Waals surface area contributed by atoms with Gasteiger partial charge in [-0.3, -0.25) is 4.40 Å². The first kappa shape index (κ1) is 15.0. The van der Waals surface area contributed by atoms with Gasteiger partial charge in [-0.15, -0.1) is 0 Å². The number of imidazole rings is 1. The summed E-state index contributed by atoms with van der Waals surface area (Å²) in [6.07, 6.45) is 0. The van der Waals surface area contributed by atoms with Crippen molar-refractivity contribution in [1.29, 1.82) is 5.26 Å². The highest BCUT2D eigenvalue weighted by molar-refractivity contribution is 5.86. The second-order valence-corrected chi connectivity index (χ2v) is 6.10. The molecular weight excluding hydrogens is 312 g/mol. The van der Waals surface area contributed by atoms with Crippen LogP contribution in [0.3, 0.4) is 0 Å². The van der Waals surface area contributed by atoms with Crippen molar-refractivity contribution in [2.45, 2.75) is 13.8 Å². The summed E-state index contributed by atoms with van der Waals surface area (Å²) in [7, 11) is 0. The molecule has 2 aromatic heterocycles. The summed E-state index contributed by atoms with van der Waals surface area (Å²) in [5, 5.41) is 23.0. The standard InChI is InChI=1S/C20H16N4O/c1-12-7-8-18(25)16(9-12)22-19-10-13(2)14(11-21)20-23-15-5-3-4-6-17(15)24(19)20/h3-10,22,25H,1-2H3. The minimum atomic E-state index is 0.171. The molecule has 0 aliphatic carbocycles. The third kappa shape index (κ3) is 2.36. The number of benzene rings is 2. The van der Waals surface area contributed by atoms with Gasteiger partial charge in [-0.25, -0.2) is 4.98 Å². The molecular formula is C20H16N4O. The van der Waals surface area contributed by atoms with E-state index in [0.29, 0.717) is 16.9 Å². The highest BCUT2D eigenvalue weighted by Crippen LogP contribution is 2.31. The number of phenols is 1. The molecule has 0 amide bonds. The molecule has 5 heteroatoms. The Morgan fingerprint density at radius 2 is 1.92 bits per heavy atom. The number of hydrogen-bond acceptors (Lipinski definition) is 4. The van der Waals surface area contributed by atoms with Crippen LogP contribution >= 0.6 is 0 Å². The maximum atomic E-state index is 10.2. The molecule has 25 heavy (non-hydrogen) atoms. The number of anilines is 2. The van der Waals surface area contributed by atoms with Crippen molar-refractivity contribution in [2.75, 3.05) is 5.32 Å². The molecule has 2 N–H and O–H groups in total. The third-order valence-corrected chi connectivity index (χ3v) is 4.30. The van der Waals surface area contributed by atoms with Crippen LogP contribution in [-0.2, 0) is 0 Å². The first-order chi connectivity index (χ1) is 12.1. The number of nitriles is 1. The Balaban J connectivity index is 2.03. The Hall–Kier alpha value is -3.52. The van der Waals surface area contributed by atoms with Gasteiger partial charge in [0, 0.05) is 0 Å². The van der Waals surface area contributed by atoms with Crippen molar-refractivity contribution in [3.05, 3.63) is 65.2 Å². The smallest absolute Gasteiger partial charge is 0.157 e. The zero-order valence-corrected chi connectivity index (χ0v) is 13.9. The van der Waals surface area contributed by atoms with Crippen LogP contribution < -0.4 is 5.32 Å². The lowest BCUT2D eigenvalue weighted by Crippen LogP contribution is -2.02. The number of rotatable bonds is 2. The Labute approximate surface area is 144 Å². The van der Waals surface area contributed by atoms with Gasteiger partial charge in [0.05, 0.1) is 22.3 Å². The van der Waals surface area contributed by atoms with Crippen molar-refractivity contribution >= 4 is 28.2 Å². The van der Waals surface area contributed by atoms with E-state index in [2.05, 4.69) is 16.4 Å². The average molecular weight is 328 g/mol. The van der Waals surface area contributed by atoms with Crippen LogP contribution in [0.15, 0.2) is 48.5 Å². The van der Waals surface area contributed by atoms with Gasteiger partial charge in [0.15, 0.2) is 5.65 Å². The lowest BCUT2D eigenvalue weighted by Gasteiger charge is -2.14. The van der Waals surface area contributed by atoms with Crippen molar-refractivity contribution in [2.24, 2.45) is 0 Å². The molecule has 0 aliphatic rings. The van der Waals surface area contributed by atoms with Crippen LogP contribution in [0.1, 0.15) is 16.7 Å². The van der Waals surface area contributed by atoms with Crippen molar-refractivity contribution in [3.8, 4) is 11.8 Å². The van der Waals surface area contributed by atoms with Crippen LogP contribution in [-0.4, -0.2) is 14.5 Å².